The molecule has 0 heterocycles. The van der Waals surface area contributed by atoms with Gasteiger partial charge in [0, 0.05) is 24.8 Å². The topological polar surface area (TPSA) is 46.4 Å². The molecule has 0 N–H and O–H groups in total. The van der Waals surface area contributed by atoms with E-state index in [-0.39, 0.29) is 0 Å². The predicted molar refractivity (Wildman–Crippen MR) is 73.3 cm³/mol. The Hall–Kier alpha value is -1.79. The van der Waals surface area contributed by atoms with Gasteiger partial charge in [-0.2, -0.15) is 13.2 Å². The van der Waals surface area contributed by atoms with Crippen molar-refractivity contribution >= 4 is 11.4 Å². The van der Waals surface area contributed by atoms with Gasteiger partial charge < -0.3 is 4.90 Å². The van der Waals surface area contributed by atoms with E-state index in [4.69, 9.17) is 0 Å². The first-order valence-electron chi connectivity index (χ1n) is 6.93. The van der Waals surface area contributed by atoms with Gasteiger partial charge >= 0.3 is 6.18 Å². The maximum absolute atomic E-state index is 13.0. The van der Waals surface area contributed by atoms with Crippen molar-refractivity contribution in [2.75, 3.05) is 18.0 Å². The highest BCUT2D eigenvalue weighted by Gasteiger charge is 2.39. The molecule has 0 unspecified atom stereocenters. The van der Waals surface area contributed by atoms with Gasteiger partial charge in [0.25, 0.3) is 5.69 Å². The number of nitrogens with zero attached hydrogens (tertiary/aromatic N) is 2. The number of nitro groups is 1. The van der Waals surface area contributed by atoms with E-state index >= 15 is 0 Å². The fourth-order valence-corrected chi connectivity index (χ4v) is 2.31. The van der Waals surface area contributed by atoms with Gasteiger partial charge in [-0.1, -0.05) is 6.92 Å². The maximum Gasteiger partial charge on any atom is 0.423 e. The summed E-state index contributed by atoms with van der Waals surface area (Å²) >= 11 is 0. The van der Waals surface area contributed by atoms with Gasteiger partial charge in [-0.25, -0.2) is 0 Å². The lowest BCUT2D eigenvalue weighted by Crippen LogP contribution is -2.27. The summed E-state index contributed by atoms with van der Waals surface area (Å²) in [4.78, 5) is 11.7. The Balaban J connectivity index is 2.36. The summed E-state index contributed by atoms with van der Waals surface area (Å²) in [5.74, 6) is 0.529. The van der Waals surface area contributed by atoms with Crippen LogP contribution < -0.4 is 4.90 Å². The highest BCUT2D eigenvalue weighted by molar-refractivity contribution is 5.56. The summed E-state index contributed by atoms with van der Waals surface area (Å²) in [6, 6.07) is 3.26. The largest absolute Gasteiger partial charge is 0.423 e. The fraction of sp³-hybridized carbons (Fsp3) is 0.571. The molecule has 1 aliphatic rings. The molecular formula is C14H17F3N2O2. The Morgan fingerprint density at radius 2 is 2.05 bits per heavy atom. The van der Waals surface area contributed by atoms with Crippen LogP contribution in [0.4, 0.5) is 24.5 Å². The van der Waals surface area contributed by atoms with Gasteiger partial charge in [-0.05, 0) is 37.3 Å². The summed E-state index contributed by atoms with van der Waals surface area (Å²) in [5.41, 5.74) is -1.67. The average molecular weight is 302 g/mol. The Morgan fingerprint density at radius 1 is 1.38 bits per heavy atom. The minimum atomic E-state index is -4.73. The minimum Gasteiger partial charge on any atom is -0.371 e. The van der Waals surface area contributed by atoms with Crippen molar-refractivity contribution in [3.05, 3.63) is 33.9 Å². The van der Waals surface area contributed by atoms with E-state index in [0.717, 1.165) is 31.4 Å². The zero-order chi connectivity index (χ0) is 15.6. The van der Waals surface area contributed by atoms with Crippen LogP contribution in [0.25, 0.3) is 0 Å². The van der Waals surface area contributed by atoms with Gasteiger partial charge in [0.05, 0.1) is 4.92 Å². The monoisotopic (exact) mass is 302 g/mol. The van der Waals surface area contributed by atoms with Crippen LogP contribution in [0.15, 0.2) is 18.2 Å². The second kappa shape index (κ2) is 5.91. The summed E-state index contributed by atoms with van der Waals surface area (Å²) in [6.07, 6.45) is -1.72. The third kappa shape index (κ3) is 3.86. The number of hydrogen-bond donors (Lipinski definition) is 0. The van der Waals surface area contributed by atoms with Crippen molar-refractivity contribution in [3.63, 3.8) is 0 Å². The molecule has 1 aliphatic carbocycles. The molecular weight excluding hydrogens is 285 g/mol. The van der Waals surface area contributed by atoms with E-state index in [2.05, 4.69) is 0 Å². The molecule has 21 heavy (non-hydrogen) atoms. The van der Waals surface area contributed by atoms with E-state index in [9.17, 15) is 23.3 Å². The molecule has 1 aromatic carbocycles. The fourth-order valence-electron chi connectivity index (χ4n) is 2.31. The zero-order valence-electron chi connectivity index (χ0n) is 11.7. The molecule has 4 nitrogen and oxygen atoms in total. The van der Waals surface area contributed by atoms with Gasteiger partial charge in [-0.15, -0.1) is 0 Å². The molecule has 0 aliphatic heterocycles. The summed E-state index contributed by atoms with van der Waals surface area (Å²) in [7, 11) is 0. The van der Waals surface area contributed by atoms with Crippen molar-refractivity contribution in [1.29, 1.82) is 0 Å². The predicted octanol–water partition coefficient (Wildman–Crippen LogP) is 4.24. The first-order chi connectivity index (χ1) is 9.82. The number of nitro benzene ring substituents is 1. The van der Waals surface area contributed by atoms with Crippen LogP contribution in [0, 0.1) is 16.0 Å². The van der Waals surface area contributed by atoms with Crippen LogP contribution in [-0.2, 0) is 6.18 Å². The van der Waals surface area contributed by atoms with E-state index in [1.807, 2.05) is 11.8 Å². The van der Waals surface area contributed by atoms with Crippen molar-refractivity contribution in [2.45, 2.75) is 32.4 Å². The maximum atomic E-state index is 13.0. The van der Waals surface area contributed by atoms with Gasteiger partial charge in [-0.3, -0.25) is 10.1 Å². The Labute approximate surface area is 120 Å². The molecule has 0 bridgehead atoms. The molecule has 0 radical (unpaired) electrons. The molecule has 2 rings (SSSR count). The van der Waals surface area contributed by atoms with Crippen LogP contribution in [-0.4, -0.2) is 18.0 Å². The Morgan fingerprint density at radius 3 is 2.52 bits per heavy atom. The number of halogens is 3. The molecule has 1 aromatic rings. The average Bonchev–Trinajstić information content (AvgIpc) is 3.20. The number of hydrogen-bond acceptors (Lipinski definition) is 3. The third-order valence-corrected chi connectivity index (χ3v) is 3.52. The van der Waals surface area contributed by atoms with Crippen LogP contribution in [0.3, 0.4) is 0 Å². The van der Waals surface area contributed by atoms with E-state index in [0.29, 0.717) is 24.7 Å². The molecule has 1 saturated carbocycles. The lowest BCUT2D eigenvalue weighted by atomic mass is 10.1. The van der Waals surface area contributed by atoms with Crippen molar-refractivity contribution in [2.24, 2.45) is 5.92 Å². The second-order valence-electron chi connectivity index (χ2n) is 5.35. The highest BCUT2D eigenvalue weighted by Crippen LogP contribution is 2.39. The smallest absolute Gasteiger partial charge is 0.371 e. The minimum absolute atomic E-state index is 0.404. The number of rotatable bonds is 6. The first-order valence-corrected chi connectivity index (χ1v) is 6.93. The van der Waals surface area contributed by atoms with Crippen LogP contribution in [0.1, 0.15) is 31.7 Å². The van der Waals surface area contributed by atoms with Crippen LogP contribution >= 0.6 is 0 Å². The lowest BCUT2D eigenvalue weighted by molar-refractivity contribution is -0.388. The molecule has 0 aromatic heterocycles. The molecule has 0 atom stereocenters. The Bertz CT molecular complexity index is 527. The number of alkyl halides is 3. The lowest BCUT2D eigenvalue weighted by Gasteiger charge is -2.25. The van der Waals surface area contributed by atoms with E-state index in [1.54, 1.807) is 0 Å². The standard InChI is InChI=1S/C14H17F3N2O2/c1-2-7-18(9-10-3-4-10)11-5-6-13(19(20)21)12(8-11)14(15,16)17/h5-6,8,10H,2-4,7,9H2,1H3. The molecule has 0 spiro atoms. The molecule has 116 valence electrons. The van der Waals surface area contributed by atoms with Crippen molar-refractivity contribution < 1.29 is 18.1 Å². The summed E-state index contributed by atoms with van der Waals surface area (Å²) in [6.45, 7) is 3.31. The first kappa shape index (κ1) is 15.6. The normalized spacial score (nSPS) is 15.0. The summed E-state index contributed by atoms with van der Waals surface area (Å²) in [5, 5.41) is 10.8. The Kier molecular flexibility index (Phi) is 4.39. The van der Waals surface area contributed by atoms with Gasteiger partial charge in [0.15, 0.2) is 0 Å². The van der Waals surface area contributed by atoms with Gasteiger partial charge in [0.1, 0.15) is 5.56 Å². The quantitative estimate of drug-likeness (QED) is 0.583. The van der Waals surface area contributed by atoms with Crippen molar-refractivity contribution in [1.82, 2.24) is 0 Å². The van der Waals surface area contributed by atoms with Crippen LogP contribution in [0.2, 0.25) is 0 Å². The zero-order valence-corrected chi connectivity index (χ0v) is 11.7. The second-order valence-corrected chi connectivity index (χ2v) is 5.35. The number of anilines is 1. The van der Waals surface area contributed by atoms with E-state index in [1.165, 1.54) is 6.07 Å². The molecule has 0 amide bonds. The SMILES string of the molecule is CCCN(CC1CC1)c1ccc([N+](=O)[O-])c(C(F)(F)F)c1. The van der Waals surface area contributed by atoms with E-state index < -0.39 is 22.4 Å². The molecule has 7 heteroatoms. The molecule has 1 fully saturated rings. The molecule has 0 saturated heterocycles. The summed E-state index contributed by atoms with van der Waals surface area (Å²) < 4.78 is 39.0. The third-order valence-electron chi connectivity index (χ3n) is 3.52. The van der Waals surface area contributed by atoms with Crippen molar-refractivity contribution in [3.8, 4) is 0 Å². The van der Waals surface area contributed by atoms with Gasteiger partial charge in [0.2, 0.25) is 0 Å². The van der Waals surface area contributed by atoms with Crippen LogP contribution in [0.5, 0.6) is 0 Å². The number of benzene rings is 1. The highest BCUT2D eigenvalue weighted by atomic mass is 19.4.